The zero-order valence-corrected chi connectivity index (χ0v) is 15.6. The van der Waals surface area contributed by atoms with Crippen LogP contribution in [-0.2, 0) is 0 Å². The van der Waals surface area contributed by atoms with Crippen LogP contribution in [0.2, 0.25) is 5.02 Å². The predicted octanol–water partition coefficient (Wildman–Crippen LogP) is 6.50. The van der Waals surface area contributed by atoms with Gasteiger partial charge in [0.1, 0.15) is 5.82 Å². The predicted molar refractivity (Wildman–Crippen MR) is 95.7 cm³/mol. The molecular formula is C15H10Br2Cl2N2. The lowest BCUT2D eigenvalue weighted by atomic mass is 10.2. The monoisotopic (exact) mass is 446 g/mol. The molecule has 0 amide bonds. The molecule has 1 unspecified atom stereocenters. The van der Waals surface area contributed by atoms with Crippen LogP contribution in [0.4, 0.5) is 0 Å². The maximum Gasteiger partial charge on any atom is 0.132 e. The Labute approximate surface area is 149 Å². The smallest absolute Gasteiger partial charge is 0.132 e. The van der Waals surface area contributed by atoms with Crippen LogP contribution in [0.1, 0.15) is 18.1 Å². The van der Waals surface area contributed by atoms with Crippen LogP contribution in [-0.4, -0.2) is 9.55 Å². The highest BCUT2D eigenvalue weighted by atomic mass is 79.9. The third kappa shape index (κ3) is 2.87. The normalized spacial score (nSPS) is 12.8. The largest absolute Gasteiger partial charge is 0.294 e. The summed E-state index contributed by atoms with van der Waals surface area (Å²) in [6.45, 7) is 1.91. The van der Waals surface area contributed by atoms with E-state index in [4.69, 9.17) is 23.2 Å². The van der Waals surface area contributed by atoms with Crippen LogP contribution in [0, 0.1) is 0 Å². The first kappa shape index (κ1) is 15.3. The Morgan fingerprint density at radius 3 is 2.57 bits per heavy atom. The van der Waals surface area contributed by atoms with E-state index in [0.29, 0.717) is 5.02 Å². The van der Waals surface area contributed by atoms with E-state index in [1.54, 1.807) is 0 Å². The van der Waals surface area contributed by atoms with Crippen molar-refractivity contribution >= 4 is 66.1 Å². The first-order valence-corrected chi connectivity index (χ1v) is 8.65. The van der Waals surface area contributed by atoms with Gasteiger partial charge in [0.25, 0.3) is 0 Å². The summed E-state index contributed by atoms with van der Waals surface area (Å²) in [5.74, 6) is 0.789. The second kappa shape index (κ2) is 5.92. The molecule has 0 spiro atoms. The van der Waals surface area contributed by atoms with Crippen molar-refractivity contribution < 1.29 is 0 Å². The van der Waals surface area contributed by atoms with Gasteiger partial charge in [-0.15, -0.1) is 11.6 Å². The van der Waals surface area contributed by atoms with E-state index >= 15 is 0 Å². The molecule has 2 nitrogen and oxygen atoms in total. The standard InChI is InChI=1S/C15H10Br2Cl2N2/c1-8(18)15-20-12-4-3-10(19)7-14(12)21(15)13-5-2-9(16)6-11(13)17/h2-8H,1H3. The molecular weight excluding hydrogens is 439 g/mol. The average molecular weight is 449 g/mol. The molecule has 3 rings (SSSR count). The molecule has 0 saturated carbocycles. The Balaban J connectivity index is 2.38. The fraction of sp³-hybridized carbons (Fsp3) is 0.133. The minimum absolute atomic E-state index is 0.216. The molecule has 0 radical (unpaired) electrons. The number of fused-ring (bicyclic) bond motifs is 1. The fourth-order valence-corrected chi connectivity index (χ4v) is 3.79. The number of nitrogens with zero attached hydrogens (tertiary/aromatic N) is 2. The first-order chi connectivity index (χ1) is 9.97. The van der Waals surface area contributed by atoms with E-state index in [1.165, 1.54) is 0 Å². The summed E-state index contributed by atoms with van der Waals surface area (Å²) in [5, 5.41) is 0.456. The number of halogens is 4. The lowest BCUT2D eigenvalue weighted by molar-refractivity contribution is 0.880. The summed E-state index contributed by atoms with van der Waals surface area (Å²) in [5.41, 5.74) is 2.79. The highest BCUT2D eigenvalue weighted by Gasteiger charge is 2.18. The van der Waals surface area contributed by atoms with Gasteiger partial charge in [-0.2, -0.15) is 0 Å². The van der Waals surface area contributed by atoms with Gasteiger partial charge in [0, 0.05) is 14.0 Å². The molecule has 3 aromatic rings. The molecule has 0 saturated heterocycles. The molecule has 0 aliphatic carbocycles. The highest BCUT2D eigenvalue weighted by molar-refractivity contribution is 9.11. The molecule has 108 valence electrons. The highest BCUT2D eigenvalue weighted by Crippen LogP contribution is 2.33. The van der Waals surface area contributed by atoms with E-state index in [1.807, 2.05) is 47.9 Å². The van der Waals surface area contributed by atoms with Crippen molar-refractivity contribution in [3.8, 4) is 5.69 Å². The van der Waals surface area contributed by atoms with Crippen molar-refractivity contribution in [1.29, 1.82) is 0 Å². The third-order valence-corrected chi connectivity index (χ3v) is 4.71. The minimum Gasteiger partial charge on any atom is -0.294 e. The lowest BCUT2D eigenvalue weighted by Gasteiger charge is -2.13. The van der Waals surface area contributed by atoms with Crippen molar-refractivity contribution in [3.05, 3.63) is 56.2 Å². The topological polar surface area (TPSA) is 17.8 Å². The maximum atomic E-state index is 6.31. The van der Waals surface area contributed by atoms with E-state index in [2.05, 4.69) is 36.8 Å². The molecule has 1 atom stereocenters. The van der Waals surface area contributed by atoms with Gasteiger partial charge >= 0.3 is 0 Å². The molecule has 0 N–H and O–H groups in total. The molecule has 21 heavy (non-hydrogen) atoms. The zero-order chi connectivity index (χ0) is 15.1. The average Bonchev–Trinajstić information content (AvgIpc) is 2.77. The summed E-state index contributed by atoms with van der Waals surface area (Å²) < 4.78 is 3.99. The first-order valence-electron chi connectivity index (χ1n) is 6.25. The van der Waals surface area contributed by atoms with Crippen LogP contribution in [0.3, 0.4) is 0 Å². The Kier molecular flexibility index (Phi) is 4.33. The van der Waals surface area contributed by atoms with Crippen LogP contribution in [0.15, 0.2) is 45.3 Å². The third-order valence-electron chi connectivity index (χ3n) is 3.15. The quantitative estimate of drug-likeness (QED) is 0.409. The van der Waals surface area contributed by atoms with Crippen molar-refractivity contribution in [2.75, 3.05) is 0 Å². The van der Waals surface area contributed by atoms with Gasteiger partial charge in [0.2, 0.25) is 0 Å². The van der Waals surface area contributed by atoms with Gasteiger partial charge in [0.05, 0.1) is 22.1 Å². The molecule has 0 bridgehead atoms. The molecule has 1 heterocycles. The summed E-state index contributed by atoms with van der Waals surface area (Å²) in [7, 11) is 0. The summed E-state index contributed by atoms with van der Waals surface area (Å²) in [4.78, 5) is 4.63. The van der Waals surface area contributed by atoms with Crippen molar-refractivity contribution in [2.24, 2.45) is 0 Å². The van der Waals surface area contributed by atoms with Crippen molar-refractivity contribution in [3.63, 3.8) is 0 Å². The Morgan fingerprint density at radius 2 is 1.90 bits per heavy atom. The van der Waals surface area contributed by atoms with E-state index in [9.17, 15) is 0 Å². The number of benzene rings is 2. The van der Waals surface area contributed by atoms with Gasteiger partial charge in [-0.05, 0) is 59.3 Å². The molecule has 0 fully saturated rings. The SMILES string of the molecule is CC(Cl)c1nc2ccc(Cl)cc2n1-c1ccc(Br)cc1Br. The lowest BCUT2D eigenvalue weighted by Crippen LogP contribution is -2.02. The van der Waals surface area contributed by atoms with Crippen LogP contribution >= 0.6 is 55.1 Å². The fourth-order valence-electron chi connectivity index (χ4n) is 2.25. The van der Waals surface area contributed by atoms with Gasteiger partial charge in [0.15, 0.2) is 0 Å². The van der Waals surface area contributed by atoms with E-state index in [0.717, 1.165) is 31.5 Å². The van der Waals surface area contributed by atoms with Gasteiger partial charge < -0.3 is 0 Å². The molecule has 2 aromatic carbocycles. The molecule has 0 aliphatic rings. The minimum atomic E-state index is -0.216. The number of hydrogen-bond donors (Lipinski definition) is 0. The van der Waals surface area contributed by atoms with Gasteiger partial charge in [-0.25, -0.2) is 4.98 Å². The number of hydrogen-bond acceptors (Lipinski definition) is 1. The van der Waals surface area contributed by atoms with E-state index in [-0.39, 0.29) is 5.38 Å². The Morgan fingerprint density at radius 1 is 1.14 bits per heavy atom. The molecule has 0 aliphatic heterocycles. The molecule has 1 aromatic heterocycles. The Bertz CT molecular complexity index is 828. The maximum absolute atomic E-state index is 6.31. The molecule has 6 heteroatoms. The summed E-state index contributed by atoms with van der Waals surface area (Å²) in [6, 6.07) is 11.6. The van der Waals surface area contributed by atoms with Crippen LogP contribution < -0.4 is 0 Å². The van der Waals surface area contributed by atoms with Gasteiger partial charge in [-0.1, -0.05) is 27.5 Å². The van der Waals surface area contributed by atoms with Crippen LogP contribution in [0.5, 0.6) is 0 Å². The number of aromatic nitrogens is 2. The summed E-state index contributed by atoms with van der Waals surface area (Å²) >= 11 is 19.5. The van der Waals surface area contributed by atoms with Gasteiger partial charge in [-0.3, -0.25) is 4.57 Å². The second-order valence-electron chi connectivity index (χ2n) is 4.65. The summed E-state index contributed by atoms with van der Waals surface area (Å²) in [6.07, 6.45) is 0. The zero-order valence-electron chi connectivity index (χ0n) is 10.9. The van der Waals surface area contributed by atoms with Crippen molar-refractivity contribution in [2.45, 2.75) is 12.3 Å². The Hall–Kier alpha value is -0.550. The number of alkyl halides is 1. The number of rotatable bonds is 2. The van der Waals surface area contributed by atoms with E-state index < -0.39 is 0 Å². The van der Waals surface area contributed by atoms with Crippen molar-refractivity contribution in [1.82, 2.24) is 9.55 Å². The van der Waals surface area contributed by atoms with Crippen LogP contribution in [0.25, 0.3) is 16.7 Å². The second-order valence-corrected chi connectivity index (χ2v) is 7.51. The number of imidazole rings is 1.